The molecule has 4 heterocycles. The molecule has 43 heavy (non-hydrogen) atoms. The summed E-state index contributed by atoms with van der Waals surface area (Å²) in [6.45, 7) is 8.45. The molecule has 1 aromatic rings. The lowest BCUT2D eigenvalue weighted by atomic mass is 9.81. The molecule has 1 saturated carbocycles. The molecule has 5 fully saturated rings. The second-order valence-corrected chi connectivity index (χ2v) is 14.3. The topological polar surface area (TPSA) is 65.1 Å². The zero-order valence-corrected chi connectivity index (χ0v) is 26.0. The molecule has 1 aromatic carbocycles. The highest BCUT2D eigenvalue weighted by Gasteiger charge is 2.57. The van der Waals surface area contributed by atoms with Crippen molar-refractivity contribution in [1.29, 1.82) is 0 Å². The van der Waals surface area contributed by atoms with Crippen molar-refractivity contribution in [2.24, 2.45) is 11.8 Å². The van der Waals surface area contributed by atoms with Crippen LogP contribution in [0.15, 0.2) is 30.3 Å². The van der Waals surface area contributed by atoms with Gasteiger partial charge in [-0.3, -0.25) is 9.69 Å². The molecular formula is C34H50F2N4O3. The number of hydrogen-bond donors (Lipinski definition) is 1. The summed E-state index contributed by atoms with van der Waals surface area (Å²) in [5.74, 6) is -2.55. The van der Waals surface area contributed by atoms with Crippen molar-refractivity contribution in [1.82, 2.24) is 20.0 Å². The summed E-state index contributed by atoms with van der Waals surface area (Å²) in [5, 5.41) is 3.26. The standard InChI is InChI=1S/C34H50F2N4O3/c1-24(2)40-32(42)38(22-25-13-18-43-19-14-25)23-33(40)20-28-8-9-29(21-33)39(28)17-12-30(26-6-4-3-5-7-26)37-31(41)27-10-15-34(35,36)16-11-27/h3-7,24-25,27-30H,8-23H2,1-2H3,(H,37,41). The molecule has 3 unspecified atom stereocenters. The third-order valence-corrected chi connectivity index (χ3v) is 11.1. The van der Waals surface area contributed by atoms with Crippen LogP contribution in [0.5, 0.6) is 0 Å². The van der Waals surface area contributed by atoms with Gasteiger partial charge in [0.25, 0.3) is 0 Å². The molecule has 1 N–H and O–H groups in total. The molecule has 1 spiro atoms. The molecule has 1 aliphatic carbocycles. The van der Waals surface area contributed by atoms with Gasteiger partial charge in [0.15, 0.2) is 0 Å². The summed E-state index contributed by atoms with van der Waals surface area (Å²) in [6.07, 6.45) is 7.20. The van der Waals surface area contributed by atoms with E-state index in [9.17, 15) is 18.4 Å². The molecule has 0 aromatic heterocycles. The lowest BCUT2D eigenvalue weighted by Gasteiger charge is -2.49. The SMILES string of the molecule is CC(C)N1C(=O)N(CC2CCOCC2)CC12CC1CCC(C2)N1CCC(NC(=O)C1CCC(F)(F)CC1)c1ccccc1. The van der Waals surface area contributed by atoms with Gasteiger partial charge in [-0.05, 0) is 83.1 Å². The first-order valence-corrected chi connectivity index (χ1v) is 16.8. The van der Waals surface area contributed by atoms with E-state index in [2.05, 4.69) is 46.0 Å². The average Bonchev–Trinajstić information content (AvgIpc) is 3.39. The van der Waals surface area contributed by atoms with Crippen LogP contribution in [0.4, 0.5) is 13.6 Å². The van der Waals surface area contributed by atoms with Gasteiger partial charge in [0.2, 0.25) is 11.8 Å². The van der Waals surface area contributed by atoms with Gasteiger partial charge < -0.3 is 19.9 Å². The van der Waals surface area contributed by atoms with E-state index in [-0.39, 0.29) is 61.2 Å². The maximum absolute atomic E-state index is 13.8. The number of nitrogens with zero attached hydrogens (tertiary/aromatic N) is 3. The van der Waals surface area contributed by atoms with Crippen LogP contribution in [0, 0.1) is 11.8 Å². The van der Waals surface area contributed by atoms with Gasteiger partial charge in [-0.25, -0.2) is 13.6 Å². The van der Waals surface area contributed by atoms with Crippen LogP contribution in [0.3, 0.4) is 0 Å². The van der Waals surface area contributed by atoms with E-state index in [1.807, 2.05) is 18.2 Å². The summed E-state index contributed by atoms with van der Waals surface area (Å²) >= 11 is 0. The Morgan fingerprint density at radius 2 is 1.65 bits per heavy atom. The molecule has 4 aliphatic heterocycles. The van der Waals surface area contributed by atoms with Gasteiger partial charge in [0.05, 0.1) is 11.6 Å². The Morgan fingerprint density at radius 3 is 2.28 bits per heavy atom. The van der Waals surface area contributed by atoms with Crippen molar-refractivity contribution in [3.63, 3.8) is 0 Å². The molecule has 6 rings (SSSR count). The number of piperidine rings is 1. The normalized spacial score (nSPS) is 30.9. The first kappa shape index (κ1) is 30.8. The van der Waals surface area contributed by atoms with Gasteiger partial charge in [0.1, 0.15) is 0 Å². The lowest BCUT2D eigenvalue weighted by molar-refractivity contribution is -0.130. The fourth-order valence-corrected chi connectivity index (χ4v) is 8.99. The van der Waals surface area contributed by atoms with E-state index >= 15 is 0 Å². The average molecular weight is 601 g/mol. The number of ether oxygens (including phenoxy) is 1. The molecule has 9 heteroatoms. The Hall–Kier alpha value is -2.26. The largest absolute Gasteiger partial charge is 0.381 e. The summed E-state index contributed by atoms with van der Waals surface area (Å²) < 4.78 is 33.0. The van der Waals surface area contributed by atoms with Crippen molar-refractivity contribution in [2.45, 2.75) is 120 Å². The Labute approximate surface area is 255 Å². The van der Waals surface area contributed by atoms with E-state index in [0.717, 1.165) is 83.4 Å². The Morgan fingerprint density at radius 1 is 1.00 bits per heavy atom. The van der Waals surface area contributed by atoms with Gasteiger partial charge in [-0.1, -0.05) is 30.3 Å². The number of benzene rings is 1. The number of urea groups is 1. The molecule has 0 radical (unpaired) electrons. The van der Waals surface area contributed by atoms with Crippen LogP contribution >= 0.6 is 0 Å². The van der Waals surface area contributed by atoms with Crippen molar-refractivity contribution < 1.29 is 23.1 Å². The monoisotopic (exact) mass is 600 g/mol. The van der Waals surface area contributed by atoms with Crippen LogP contribution in [-0.4, -0.2) is 89.1 Å². The number of carbonyl (C=O) groups is 2. The predicted molar refractivity (Wildman–Crippen MR) is 162 cm³/mol. The quantitative estimate of drug-likeness (QED) is 0.378. The smallest absolute Gasteiger partial charge is 0.320 e. The molecule has 3 amide bonds. The van der Waals surface area contributed by atoms with Gasteiger partial charge >= 0.3 is 6.03 Å². The van der Waals surface area contributed by atoms with Crippen molar-refractivity contribution in [3.8, 4) is 0 Å². The highest BCUT2D eigenvalue weighted by molar-refractivity contribution is 5.79. The first-order valence-electron chi connectivity index (χ1n) is 16.8. The number of nitrogens with one attached hydrogen (secondary N) is 1. The van der Waals surface area contributed by atoms with Gasteiger partial charge in [0, 0.05) is 69.7 Å². The minimum absolute atomic E-state index is 0.0911. The molecule has 5 aliphatic rings. The molecule has 7 nitrogen and oxygen atoms in total. The Bertz CT molecular complexity index is 1100. The van der Waals surface area contributed by atoms with Crippen molar-refractivity contribution in [3.05, 3.63) is 35.9 Å². The maximum Gasteiger partial charge on any atom is 0.320 e. The van der Waals surface area contributed by atoms with E-state index in [4.69, 9.17) is 4.74 Å². The highest BCUT2D eigenvalue weighted by atomic mass is 19.3. The number of carbonyl (C=O) groups excluding carboxylic acids is 2. The van der Waals surface area contributed by atoms with Crippen LogP contribution < -0.4 is 5.32 Å². The summed E-state index contributed by atoms with van der Waals surface area (Å²) in [5.41, 5.74) is 0.948. The van der Waals surface area contributed by atoms with Crippen LogP contribution in [-0.2, 0) is 9.53 Å². The zero-order valence-electron chi connectivity index (χ0n) is 26.0. The predicted octanol–water partition coefficient (Wildman–Crippen LogP) is 6.00. The van der Waals surface area contributed by atoms with E-state index in [0.29, 0.717) is 18.0 Å². The second kappa shape index (κ2) is 12.6. The van der Waals surface area contributed by atoms with Gasteiger partial charge in [-0.2, -0.15) is 0 Å². The number of alkyl halides is 2. The maximum atomic E-state index is 13.8. The number of halogens is 2. The van der Waals surface area contributed by atoms with Crippen molar-refractivity contribution >= 4 is 11.9 Å². The minimum Gasteiger partial charge on any atom is -0.381 e. The molecular weight excluding hydrogens is 550 g/mol. The number of amides is 3. The van der Waals surface area contributed by atoms with Crippen LogP contribution in [0.25, 0.3) is 0 Å². The summed E-state index contributed by atoms with van der Waals surface area (Å²) in [7, 11) is 0. The third kappa shape index (κ3) is 6.58. The summed E-state index contributed by atoms with van der Waals surface area (Å²) in [4.78, 5) is 34.0. The zero-order chi connectivity index (χ0) is 30.2. The second-order valence-electron chi connectivity index (χ2n) is 14.3. The minimum atomic E-state index is -2.64. The highest BCUT2D eigenvalue weighted by Crippen LogP contribution is 2.48. The van der Waals surface area contributed by atoms with Crippen LogP contribution in [0.1, 0.15) is 96.1 Å². The van der Waals surface area contributed by atoms with E-state index < -0.39 is 5.92 Å². The number of rotatable bonds is 9. The van der Waals surface area contributed by atoms with E-state index in [1.165, 1.54) is 0 Å². The Kier molecular flexibility index (Phi) is 9.03. The molecule has 238 valence electrons. The molecule has 4 saturated heterocycles. The van der Waals surface area contributed by atoms with Crippen LogP contribution in [0.2, 0.25) is 0 Å². The molecule has 3 atom stereocenters. The fourth-order valence-electron chi connectivity index (χ4n) is 8.99. The summed E-state index contributed by atoms with van der Waals surface area (Å²) in [6, 6.07) is 11.1. The number of fused-ring (bicyclic) bond motifs is 2. The van der Waals surface area contributed by atoms with E-state index in [1.54, 1.807) is 0 Å². The number of hydrogen-bond acceptors (Lipinski definition) is 4. The first-order chi connectivity index (χ1) is 20.6. The molecule has 2 bridgehead atoms. The fraction of sp³-hybridized carbons (Fsp3) is 0.765. The van der Waals surface area contributed by atoms with Crippen molar-refractivity contribution in [2.75, 3.05) is 32.8 Å². The van der Waals surface area contributed by atoms with Gasteiger partial charge in [-0.15, -0.1) is 0 Å². The Balaban J connectivity index is 1.12. The third-order valence-electron chi connectivity index (χ3n) is 11.1. The lowest BCUT2D eigenvalue weighted by Crippen LogP contribution is -2.60.